The van der Waals surface area contributed by atoms with Crippen LogP contribution in [0.5, 0.6) is 0 Å². The maximum atomic E-state index is 12.0. The second-order valence-corrected chi connectivity index (χ2v) is 5.67. The van der Waals surface area contributed by atoms with Crippen LogP contribution >= 0.6 is 15.9 Å². The van der Waals surface area contributed by atoms with E-state index in [-0.39, 0.29) is 11.8 Å². The number of aromatic nitrogens is 1. The van der Waals surface area contributed by atoms with Gasteiger partial charge in [0.25, 0.3) is 0 Å². The number of nitrogens with one attached hydrogen (secondary N) is 1. The van der Waals surface area contributed by atoms with Gasteiger partial charge in [0.05, 0.1) is 11.6 Å². The predicted octanol–water partition coefficient (Wildman–Crippen LogP) is 2.71. The molecule has 0 aliphatic rings. The summed E-state index contributed by atoms with van der Waals surface area (Å²) in [6.45, 7) is 6.41. The number of hydrogen-bond acceptors (Lipinski definition) is 3. The highest BCUT2D eigenvalue weighted by molar-refractivity contribution is 9.10. The fourth-order valence-corrected chi connectivity index (χ4v) is 1.94. The van der Waals surface area contributed by atoms with E-state index in [4.69, 9.17) is 5.73 Å². The summed E-state index contributed by atoms with van der Waals surface area (Å²) < 4.78 is 0.929. The van der Waals surface area contributed by atoms with Gasteiger partial charge >= 0.3 is 0 Å². The van der Waals surface area contributed by atoms with E-state index in [9.17, 15) is 4.79 Å². The van der Waals surface area contributed by atoms with Crippen molar-refractivity contribution in [2.75, 3.05) is 11.9 Å². The second kappa shape index (κ2) is 6.85. The van der Waals surface area contributed by atoms with Crippen LogP contribution in [-0.2, 0) is 4.79 Å². The molecule has 4 nitrogen and oxygen atoms in total. The summed E-state index contributed by atoms with van der Waals surface area (Å²) in [6.07, 6.45) is 0.790. The molecule has 0 radical (unpaired) electrons. The lowest BCUT2D eigenvalue weighted by atomic mass is 9.96. The molecule has 1 rings (SSSR count). The highest BCUT2D eigenvalue weighted by Crippen LogP contribution is 2.18. The number of anilines is 1. The van der Waals surface area contributed by atoms with E-state index in [0.717, 1.165) is 16.6 Å². The quantitative estimate of drug-likeness (QED) is 0.878. The van der Waals surface area contributed by atoms with Crippen LogP contribution in [0, 0.1) is 18.8 Å². The van der Waals surface area contributed by atoms with E-state index in [1.165, 1.54) is 0 Å². The van der Waals surface area contributed by atoms with Gasteiger partial charge in [0.2, 0.25) is 5.91 Å². The summed E-state index contributed by atoms with van der Waals surface area (Å²) in [5.74, 6) is 0.808. The van der Waals surface area contributed by atoms with E-state index in [2.05, 4.69) is 40.1 Å². The predicted molar refractivity (Wildman–Crippen MR) is 77.3 cm³/mol. The number of rotatable bonds is 5. The monoisotopic (exact) mass is 313 g/mol. The molecule has 0 fully saturated rings. The van der Waals surface area contributed by atoms with Crippen molar-refractivity contribution in [2.24, 2.45) is 17.6 Å². The van der Waals surface area contributed by atoms with Crippen molar-refractivity contribution in [3.05, 3.63) is 22.3 Å². The van der Waals surface area contributed by atoms with Crippen LogP contribution in [0.3, 0.4) is 0 Å². The second-order valence-electron chi connectivity index (χ2n) is 4.82. The number of carbonyl (C=O) groups excluding carboxylic acids is 1. The van der Waals surface area contributed by atoms with Crippen molar-refractivity contribution in [3.8, 4) is 0 Å². The molecule has 1 amide bonds. The molecule has 1 aromatic rings. The van der Waals surface area contributed by atoms with Crippen molar-refractivity contribution in [1.82, 2.24) is 4.98 Å². The van der Waals surface area contributed by atoms with Crippen LogP contribution in [0.25, 0.3) is 0 Å². The molecule has 5 heteroatoms. The minimum Gasteiger partial charge on any atom is -0.330 e. The molecule has 3 N–H and O–H groups in total. The van der Waals surface area contributed by atoms with Crippen molar-refractivity contribution < 1.29 is 4.79 Å². The molecule has 100 valence electrons. The zero-order valence-electron chi connectivity index (χ0n) is 11.0. The van der Waals surface area contributed by atoms with Gasteiger partial charge in [-0.1, -0.05) is 13.8 Å². The van der Waals surface area contributed by atoms with Gasteiger partial charge < -0.3 is 11.1 Å². The van der Waals surface area contributed by atoms with E-state index in [1.807, 2.05) is 13.0 Å². The lowest BCUT2D eigenvalue weighted by molar-refractivity contribution is -0.120. The van der Waals surface area contributed by atoms with Gasteiger partial charge in [0.15, 0.2) is 0 Å². The molecule has 0 aromatic carbocycles. The summed E-state index contributed by atoms with van der Waals surface area (Å²) in [5.41, 5.74) is 6.49. The zero-order chi connectivity index (χ0) is 13.7. The van der Waals surface area contributed by atoms with Crippen LogP contribution in [-0.4, -0.2) is 17.4 Å². The Morgan fingerprint density at radius 3 is 2.67 bits per heavy atom. The first-order valence-corrected chi connectivity index (χ1v) is 6.87. The minimum atomic E-state index is -0.157. The Labute approximate surface area is 116 Å². The highest BCUT2D eigenvalue weighted by atomic mass is 79.9. The van der Waals surface area contributed by atoms with Crippen LogP contribution in [0.1, 0.15) is 26.0 Å². The average Bonchev–Trinajstić information content (AvgIpc) is 2.30. The summed E-state index contributed by atoms with van der Waals surface area (Å²) >= 11 is 3.38. The number of amides is 1. The third-order valence-corrected chi connectivity index (χ3v) is 3.52. The molecule has 0 bridgehead atoms. The van der Waals surface area contributed by atoms with E-state index in [0.29, 0.717) is 18.3 Å². The summed E-state index contributed by atoms with van der Waals surface area (Å²) in [4.78, 5) is 16.3. The zero-order valence-corrected chi connectivity index (χ0v) is 12.6. The van der Waals surface area contributed by atoms with E-state index >= 15 is 0 Å². The Kier molecular flexibility index (Phi) is 5.75. The fraction of sp³-hybridized carbons (Fsp3) is 0.538. The Balaban J connectivity index is 2.70. The van der Waals surface area contributed by atoms with Crippen LogP contribution < -0.4 is 11.1 Å². The fourth-order valence-electron chi connectivity index (χ4n) is 1.72. The van der Waals surface area contributed by atoms with Gasteiger partial charge in [-0.2, -0.15) is 0 Å². The summed E-state index contributed by atoms with van der Waals surface area (Å²) in [7, 11) is 0. The molecule has 0 aliphatic carbocycles. The Bertz CT molecular complexity index is 421. The van der Waals surface area contributed by atoms with Gasteiger partial charge in [-0.05, 0) is 47.3 Å². The molecule has 1 atom stereocenters. The van der Waals surface area contributed by atoms with Gasteiger partial charge in [-0.25, -0.2) is 4.98 Å². The first kappa shape index (κ1) is 15.1. The van der Waals surface area contributed by atoms with Gasteiger partial charge in [0, 0.05) is 11.0 Å². The van der Waals surface area contributed by atoms with Gasteiger partial charge in [-0.3, -0.25) is 4.79 Å². The smallest absolute Gasteiger partial charge is 0.229 e. The molecule has 1 aromatic heterocycles. The Hall–Kier alpha value is -0.940. The van der Waals surface area contributed by atoms with Gasteiger partial charge in [-0.15, -0.1) is 0 Å². The minimum absolute atomic E-state index is 0.0552. The molecule has 0 saturated carbocycles. The standard InChI is InChI=1S/C13H20BrN3O/c1-8(2)6-10(7-15)13(18)17-12-5-4-11(14)9(3)16-12/h4-5,8,10H,6-7,15H2,1-3H3,(H,16,17,18). The topological polar surface area (TPSA) is 68.0 Å². The molecule has 0 saturated heterocycles. The number of carbonyl (C=O) groups is 1. The van der Waals surface area contributed by atoms with Crippen molar-refractivity contribution >= 4 is 27.7 Å². The van der Waals surface area contributed by atoms with E-state index < -0.39 is 0 Å². The maximum Gasteiger partial charge on any atom is 0.229 e. The normalized spacial score (nSPS) is 12.6. The molecular weight excluding hydrogens is 294 g/mol. The molecule has 0 aliphatic heterocycles. The SMILES string of the molecule is Cc1nc(NC(=O)C(CN)CC(C)C)ccc1Br. The lowest BCUT2D eigenvalue weighted by Gasteiger charge is -2.16. The van der Waals surface area contributed by atoms with Gasteiger partial charge in [0.1, 0.15) is 5.82 Å². The van der Waals surface area contributed by atoms with Crippen molar-refractivity contribution in [3.63, 3.8) is 0 Å². The number of aryl methyl sites for hydroxylation is 1. The van der Waals surface area contributed by atoms with E-state index in [1.54, 1.807) is 6.07 Å². The number of halogens is 1. The Morgan fingerprint density at radius 2 is 2.17 bits per heavy atom. The molecular formula is C13H20BrN3O. The first-order valence-electron chi connectivity index (χ1n) is 6.08. The number of pyridine rings is 1. The highest BCUT2D eigenvalue weighted by Gasteiger charge is 2.18. The third-order valence-electron chi connectivity index (χ3n) is 2.68. The molecule has 0 spiro atoms. The van der Waals surface area contributed by atoms with Crippen LogP contribution in [0.2, 0.25) is 0 Å². The first-order chi connectivity index (χ1) is 8.43. The third kappa shape index (κ3) is 4.38. The molecule has 1 unspecified atom stereocenters. The molecule has 1 heterocycles. The number of hydrogen-bond donors (Lipinski definition) is 2. The largest absolute Gasteiger partial charge is 0.330 e. The maximum absolute atomic E-state index is 12.0. The summed E-state index contributed by atoms with van der Waals surface area (Å²) in [5, 5.41) is 2.82. The van der Waals surface area contributed by atoms with Crippen molar-refractivity contribution in [2.45, 2.75) is 27.2 Å². The van der Waals surface area contributed by atoms with Crippen LogP contribution in [0.15, 0.2) is 16.6 Å². The number of nitrogens with two attached hydrogens (primary N) is 1. The average molecular weight is 314 g/mol. The lowest BCUT2D eigenvalue weighted by Crippen LogP contribution is -2.30. The van der Waals surface area contributed by atoms with Crippen LogP contribution in [0.4, 0.5) is 5.82 Å². The number of nitrogens with zero attached hydrogens (tertiary/aromatic N) is 1. The Morgan fingerprint density at radius 1 is 1.50 bits per heavy atom. The summed E-state index contributed by atoms with van der Waals surface area (Å²) in [6, 6.07) is 3.65. The van der Waals surface area contributed by atoms with Crippen molar-refractivity contribution in [1.29, 1.82) is 0 Å². The molecule has 18 heavy (non-hydrogen) atoms.